The summed E-state index contributed by atoms with van der Waals surface area (Å²) in [5.74, 6) is -0.655. The zero-order chi connectivity index (χ0) is 24.3. The molecule has 0 radical (unpaired) electrons. The van der Waals surface area contributed by atoms with Crippen LogP contribution in [0.5, 0.6) is 5.75 Å². The molecule has 1 unspecified atom stereocenters. The molecule has 1 heterocycles. The Labute approximate surface area is 195 Å². The van der Waals surface area contributed by atoms with E-state index < -0.39 is 26.7 Å². The Balaban J connectivity index is 1.95. The number of methoxy groups -OCH3 is 1. The predicted octanol–water partition coefficient (Wildman–Crippen LogP) is 4.18. The molecule has 0 aliphatic rings. The molecule has 0 saturated heterocycles. The predicted molar refractivity (Wildman–Crippen MR) is 121 cm³/mol. The van der Waals surface area contributed by atoms with E-state index in [1.165, 1.54) is 60.3 Å². The van der Waals surface area contributed by atoms with E-state index in [4.69, 9.17) is 16.3 Å². The van der Waals surface area contributed by atoms with Crippen molar-refractivity contribution in [1.82, 2.24) is 9.78 Å². The fourth-order valence-electron chi connectivity index (χ4n) is 3.24. The summed E-state index contributed by atoms with van der Waals surface area (Å²) in [6, 6.07) is 10.3. The van der Waals surface area contributed by atoms with Crippen LogP contribution >= 0.6 is 11.6 Å². The van der Waals surface area contributed by atoms with Crippen molar-refractivity contribution in [1.29, 1.82) is 0 Å². The number of ether oxygens (including phenoxy) is 1. The Hall–Kier alpha value is -3.44. The summed E-state index contributed by atoms with van der Waals surface area (Å²) in [4.78, 5) is 23.3. The van der Waals surface area contributed by atoms with Crippen molar-refractivity contribution in [3.63, 3.8) is 0 Å². The number of halogens is 1. The average molecular weight is 493 g/mol. The van der Waals surface area contributed by atoms with Crippen LogP contribution in [0.4, 0.5) is 11.5 Å². The van der Waals surface area contributed by atoms with E-state index >= 15 is 0 Å². The molecule has 2 aromatic carbocycles. The van der Waals surface area contributed by atoms with Crippen LogP contribution in [0.25, 0.3) is 0 Å². The van der Waals surface area contributed by atoms with Gasteiger partial charge in [-0.25, -0.2) is 8.42 Å². The first-order valence-corrected chi connectivity index (χ1v) is 11.6. The Morgan fingerprint density at radius 3 is 2.42 bits per heavy atom. The standard InChI is InChI=1S/C21H21ClN4O6S/c1-4-19(25-13(2)9-20(24-25)26(28)29)21(27)23-15-10-16(32-3)12-18(11-15)33(30,31)17-7-5-14(22)6-8-17/h5-12,19H,4H2,1-3H3,(H,23,27). The van der Waals surface area contributed by atoms with Crippen LogP contribution in [-0.4, -0.2) is 36.1 Å². The third-order valence-electron chi connectivity index (χ3n) is 4.90. The summed E-state index contributed by atoms with van der Waals surface area (Å²) >= 11 is 5.86. The summed E-state index contributed by atoms with van der Waals surface area (Å²) in [6.45, 7) is 3.34. The molecular weight excluding hydrogens is 472 g/mol. The van der Waals surface area contributed by atoms with Gasteiger partial charge in [-0.2, -0.15) is 4.68 Å². The molecule has 3 rings (SSSR count). The molecule has 3 aromatic rings. The van der Waals surface area contributed by atoms with Crippen LogP contribution in [0.3, 0.4) is 0 Å². The fraction of sp³-hybridized carbons (Fsp3) is 0.238. The van der Waals surface area contributed by atoms with Gasteiger partial charge < -0.3 is 20.2 Å². The molecule has 1 aromatic heterocycles. The highest BCUT2D eigenvalue weighted by Crippen LogP contribution is 2.30. The van der Waals surface area contributed by atoms with Crippen LogP contribution < -0.4 is 10.1 Å². The molecule has 10 nitrogen and oxygen atoms in total. The zero-order valence-electron chi connectivity index (χ0n) is 18.0. The summed E-state index contributed by atoms with van der Waals surface area (Å²) in [5, 5.41) is 18.0. The molecule has 0 aliphatic heterocycles. The van der Waals surface area contributed by atoms with Gasteiger partial charge in [0.15, 0.2) is 6.04 Å². The number of aryl methyl sites for hydroxylation is 1. The summed E-state index contributed by atoms with van der Waals surface area (Å²) in [6.07, 6.45) is 0.297. The third-order valence-corrected chi connectivity index (χ3v) is 6.90. The van der Waals surface area contributed by atoms with Crippen molar-refractivity contribution in [2.45, 2.75) is 36.1 Å². The molecule has 1 N–H and O–H groups in total. The maximum Gasteiger partial charge on any atom is 0.390 e. The monoisotopic (exact) mass is 492 g/mol. The first kappa shape index (κ1) is 24.2. The lowest BCUT2D eigenvalue weighted by atomic mass is 10.2. The van der Waals surface area contributed by atoms with Crippen LogP contribution in [0.1, 0.15) is 25.1 Å². The number of nitro groups is 1. The van der Waals surface area contributed by atoms with Crippen molar-refractivity contribution < 1.29 is 22.9 Å². The van der Waals surface area contributed by atoms with Gasteiger partial charge in [0.1, 0.15) is 5.75 Å². The molecule has 0 spiro atoms. The summed E-state index contributed by atoms with van der Waals surface area (Å²) < 4.78 is 32.7. The van der Waals surface area contributed by atoms with Crippen LogP contribution in [0, 0.1) is 17.0 Å². The highest BCUT2D eigenvalue weighted by Gasteiger charge is 2.28. The van der Waals surface area contributed by atoms with Gasteiger partial charge in [0, 0.05) is 16.8 Å². The van der Waals surface area contributed by atoms with Gasteiger partial charge in [-0.15, -0.1) is 0 Å². The smallest absolute Gasteiger partial charge is 0.390 e. The van der Waals surface area contributed by atoms with Gasteiger partial charge in [0.2, 0.25) is 9.84 Å². The number of carbonyl (C=O) groups excluding carboxylic acids is 1. The van der Waals surface area contributed by atoms with Crippen LogP contribution in [0.15, 0.2) is 58.3 Å². The van der Waals surface area contributed by atoms with Crippen molar-refractivity contribution in [3.8, 4) is 5.75 Å². The second-order valence-corrected chi connectivity index (χ2v) is 9.50. The maximum absolute atomic E-state index is 13.1. The third kappa shape index (κ3) is 5.15. The van der Waals surface area contributed by atoms with Crippen molar-refractivity contribution in [2.75, 3.05) is 12.4 Å². The Morgan fingerprint density at radius 1 is 1.21 bits per heavy atom. The SMILES string of the molecule is CCC(C(=O)Nc1cc(OC)cc(S(=O)(=O)c2ccc(Cl)cc2)c1)n1nc([N+](=O)[O-])cc1C. The fourth-order valence-corrected chi connectivity index (χ4v) is 4.68. The van der Waals surface area contributed by atoms with E-state index in [0.29, 0.717) is 17.1 Å². The number of nitrogens with one attached hydrogen (secondary N) is 1. The topological polar surface area (TPSA) is 133 Å². The number of hydrogen-bond donors (Lipinski definition) is 1. The number of amides is 1. The van der Waals surface area contributed by atoms with Crippen LogP contribution in [0.2, 0.25) is 5.02 Å². The Kier molecular flexibility index (Phi) is 7.04. The van der Waals surface area contributed by atoms with Gasteiger partial charge in [-0.1, -0.05) is 18.5 Å². The number of benzene rings is 2. The molecule has 0 fully saturated rings. The number of nitrogens with zero attached hydrogens (tertiary/aromatic N) is 3. The number of carbonyl (C=O) groups is 1. The highest BCUT2D eigenvalue weighted by molar-refractivity contribution is 7.91. The second-order valence-electron chi connectivity index (χ2n) is 7.11. The first-order valence-electron chi connectivity index (χ1n) is 9.78. The maximum atomic E-state index is 13.1. The summed E-state index contributed by atoms with van der Waals surface area (Å²) in [5.41, 5.74) is 0.630. The average Bonchev–Trinajstić information content (AvgIpc) is 3.16. The molecule has 33 heavy (non-hydrogen) atoms. The lowest BCUT2D eigenvalue weighted by Crippen LogP contribution is -2.27. The van der Waals surface area contributed by atoms with Gasteiger partial charge >= 0.3 is 5.82 Å². The number of sulfone groups is 1. The lowest BCUT2D eigenvalue weighted by molar-refractivity contribution is -0.389. The van der Waals surface area contributed by atoms with Crippen molar-refractivity contribution >= 4 is 38.9 Å². The van der Waals surface area contributed by atoms with Gasteiger partial charge in [0.05, 0.1) is 33.8 Å². The molecular formula is C21H21ClN4O6S. The second kappa shape index (κ2) is 9.59. The van der Waals surface area contributed by atoms with E-state index in [-0.39, 0.29) is 27.0 Å². The van der Waals surface area contributed by atoms with E-state index in [2.05, 4.69) is 10.4 Å². The van der Waals surface area contributed by atoms with Crippen molar-refractivity contribution in [2.24, 2.45) is 0 Å². The quantitative estimate of drug-likeness (QED) is 0.368. The molecule has 1 atom stereocenters. The van der Waals surface area contributed by atoms with E-state index in [1.807, 2.05) is 0 Å². The first-order chi connectivity index (χ1) is 15.6. The van der Waals surface area contributed by atoms with E-state index in [1.54, 1.807) is 13.8 Å². The highest BCUT2D eigenvalue weighted by atomic mass is 35.5. The van der Waals surface area contributed by atoms with Crippen molar-refractivity contribution in [3.05, 3.63) is 69.4 Å². The zero-order valence-corrected chi connectivity index (χ0v) is 19.6. The molecule has 0 aliphatic carbocycles. The van der Waals surface area contributed by atoms with Gasteiger partial charge in [-0.3, -0.25) is 4.79 Å². The number of hydrogen-bond acceptors (Lipinski definition) is 7. The largest absolute Gasteiger partial charge is 0.497 e. The lowest BCUT2D eigenvalue weighted by Gasteiger charge is -2.16. The Bertz CT molecular complexity index is 1300. The number of aromatic nitrogens is 2. The van der Waals surface area contributed by atoms with Gasteiger partial charge in [0.25, 0.3) is 5.91 Å². The summed E-state index contributed by atoms with van der Waals surface area (Å²) in [7, 11) is -2.54. The molecule has 0 bridgehead atoms. The molecule has 1 amide bonds. The van der Waals surface area contributed by atoms with E-state index in [9.17, 15) is 23.3 Å². The van der Waals surface area contributed by atoms with Crippen LogP contribution in [-0.2, 0) is 14.6 Å². The van der Waals surface area contributed by atoms with E-state index in [0.717, 1.165) is 0 Å². The minimum atomic E-state index is -3.92. The van der Waals surface area contributed by atoms with Gasteiger partial charge in [-0.05, 0) is 54.7 Å². The minimum Gasteiger partial charge on any atom is -0.497 e. The number of rotatable bonds is 8. The Morgan fingerprint density at radius 2 is 1.88 bits per heavy atom. The molecule has 174 valence electrons. The minimum absolute atomic E-state index is 0.0309. The normalized spacial score (nSPS) is 12.2. The number of anilines is 1. The molecule has 12 heteroatoms. The molecule has 0 saturated carbocycles.